The number of anilines is 1. The van der Waals surface area contributed by atoms with E-state index in [1.165, 1.54) is 17.0 Å². The maximum absolute atomic E-state index is 14.0. The molecule has 214 valence electrons. The van der Waals surface area contributed by atoms with Gasteiger partial charge in [-0.1, -0.05) is 67.9 Å². The molecule has 0 aliphatic carbocycles. The lowest BCUT2D eigenvalue weighted by atomic mass is 10.0. The molecule has 0 unspecified atom stereocenters. The molecular formula is C30H35ClFN3O4S. The maximum Gasteiger partial charge on any atom is 0.244 e. The van der Waals surface area contributed by atoms with E-state index >= 15 is 0 Å². The van der Waals surface area contributed by atoms with Crippen molar-refractivity contribution in [3.8, 4) is 0 Å². The summed E-state index contributed by atoms with van der Waals surface area (Å²) in [6.45, 7) is 5.48. The molecule has 0 spiro atoms. The van der Waals surface area contributed by atoms with Crippen LogP contribution in [0.25, 0.3) is 0 Å². The molecule has 0 bridgehead atoms. The van der Waals surface area contributed by atoms with Gasteiger partial charge in [-0.25, -0.2) is 12.8 Å². The molecule has 7 nitrogen and oxygen atoms in total. The number of hydrogen-bond acceptors (Lipinski definition) is 4. The first-order valence-corrected chi connectivity index (χ1v) is 15.2. The lowest BCUT2D eigenvalue weighted by molar-refractivity contribution is -0.140. The lowest BCUT2D eigenvalue weighted by Gasteiger charge is -2.34. The standard InChI is InChI=1S/C30H35ClFN3O4S/c1-21(2)18-33-30(37)28(17-23-8-6-5-7-9-23)34(19-24-10-13-26(32)14-11-24)29(36)20-35(40(4,38)39)27-15-12-25(31)16-22(27)3/h5-16,21,28H,17-20H2,1-4H3,(H,33,37)/t28-/m0/s1. The summed E-state index contributed by atoms with van der Waals surface area (Å²) in [5.41, 5.74) is 2.31. The largest absolute Gasteiger partial charge is 0.354 e. The Morgan fingerprint density at radius 1 is 0.975 bits per heavy atom. The second kappa shape index (κ2) is 13.8. The fraction of sp³-hybridized carbons (Fsp3) is 0.333. The molecule has 0 aliphatic heterocycles. The Bertz CT molecular complexity index is 1420. The number of aryl methyl sites for hydroxylation is 1. The molecule has 0 aromatic heterocycles. The minimum absolute atomic E-state index is 0.0249. The van der Waals surface area contributed by atoms with Gasteiger partial charge in [0.25, 0.3) is 0 Å². The number of carbonyl (C=O) groups excluding carboxylic acids is 2. The van der Waals surface area contributed by atoms with Crippen LogP contribution in [0.5, 0.6) is 0 Å². The van der Waals surface area contributed by atoms with E-state index in [1.54, 1.807) is 37.3 Å². The van der Waals surface area contributed by atoms with Gasteiger partial charge in [-0.15, -0.1) is 0 Å². The predicted octanol–water partition coefficient (Wildman–Crippen LogP) is 4.97. The average molecular weight is 588 g/mol. The quantitative estimate of drug-likeness (QED) is 0.324. The minimum atomic E-state index is -3.89. The summed E-state index contributed by atoms with van der Waals surface area (Å²) in [5.74, 6) is -1.19. The van der Waals surface area contributed by atoms with Gasteiger partial charge < -0.3 is 10.2 Å². The van der Waals surface area contributed by atoms with Gasteiger partial charge in [-0.2, -0.15) is 0 Å². The summed E-state index contributed by atoms with van der Waals surface area (Å²) in [5, 5.41) is 3.36. The minimum Gasteiger partial charge on any atom is -0.354 e. The number of nitrogens with zero attached hydrogens (tertiary/aromatic N) is 2. The molecule has 2 amide bonds. The molecule has 1 N–H and O–H groups in total. The van der Waals surface area contributed by atoms with Gasteiger partial charge in [0.05, 0.1) is 11.9 Å². The summed E-state index contributed by atoms with van der Waals surface area (Å²) in [7, 11) is -3.89. The molecule has 0 saturated heterocycles. The van der Waals surface area contributed by atoms with Crippen molar-refractivity contribution in [2.24, 2.45) is 5.92 Å². The molecule has 0 aliphatic rings. The van der Waals surface area contributed by atoms with Crippen LogP contribution in [-0.4, -0.2) is 50.5 Å². The van der Waals surface area contributed by atoms with E-state index in [2.05, 4.69) is 5.32 Å². The number of amides is 2. The molecule has 0 heterocycles. The SMILES string of the molecule is Cc1cc(Cl)ccc1N(CC(=O)N(Cc1ccc(F)cc1)[C@@H](Cc1ccccc1)C(=O)NCC(C)C)S(C)(=O)=O. The Kier molecular flexibility index (Phi) is 10.7. The number of carbonyl (C=O) groups is 2. The Labute approximate surface area is 241 Å². The highest BCUT2D eigenvalue weighted by atomic mass is 35.5. The van der Waals surface area contributed by atoms with E-state index in [9.17, 15) is 22.4 Å². The Balaban J connectivity index is 2.06. The third kappa shape index (κ3) is 8.79. The number of rotatable bonds is 12. The Morgan fingerprint density at radius 3 is 2.20 bits per heavy atom. The van der Waals surface area contributed by atoms with Gasteiger partial charge >= 0.3 is 0 Å². The predicted molar refractivity (Wildman–Crippen MR) is 157 cm³/mol. The van der Waals surface area contributed by atoms with Gasteiger partial charge in [0, 0.05) is 24.5 Å². The van der Waals surface area contributed by atoms with Crippen LogP contribution in [-0.2, 0) is 32.6 Å². The average Bonchev–Trinajstić information content (AvgIpc) is 2.89. The highest BCUT2D eigenvalue weighted by Crippen LogP contribution is 2.26. The van der Waals surface area contributed by atoms with Crippen LogP contribution >= 0.6 is 11.6 Å². The third-order valence-electron chi connectivity index (χ3n) is 6.33. The van der Waals surface area contributed by atoms with E-state index in [-0.39, 0.29) is 24.8 Å². The highest BCUT2D eigenvalue weighted by molar-refractivity contribution is 7.92. The fourth-order valence-corrected chi connectivity index (χ4v) is 5.39. The van der Waals surface area contributed by atoms with Crippen molar-refractivity contribution in [3.63, 3.8) is 0 Å². The normalized spacial score (nSPS) is 12.2. The van der Waals surface area contributed by atoms with Crippen molar-refractivity contribution < 1.29 is 22.4 Å². The zero-order valence-electron chi connectivity index (χ0n) is 23.1. The van der Waals surface area contributed by atoms with E-state index in [4.69, 9.17) is 11.6 Å². The smallest absolute Gasteiger partial charge is 0.244 e. The summed E-state index contributed by atoms with van der Waals surface area (Å²) >= 11 is 6.08. The molecule has 0 radical (unpaired) electrons. The van der Waals surface area contributed by atoms with Crippen molar-refractivity contribution in [2.45, 2.75) is 39.8 Å². The molecule has 40 heavy (non-hydrogen) atoms. The maximum atomic E-state index is 14.0. The van der Waals surface area contributed by atoms with Crippen LogP contribution in [0.2, 0.25) is 5.02 Å². The van der Waals surface area contributed by atoms with E-state index < -0.39 is 34.3 Å². The molecule has 3 aromatic carbocycles. The van der Waals surface area contributed by atoms with Gasteiger partial charge in [0.1, 0.15) is 18.4 Å². The van der Waals surface area contributed by atoms with Crippen LogP contribution in [0, 0.1) is 18.7 Å². The monoisotopic (exact) mass is 587 g/mol. The van der Waals surface area contributed by atoms with Crippen LogP contribution in [0.1, 0.15) is 30.5 Å². The topological polar surface area (TPSA) is 86.8 Å². The van der Waals surface area contributed by atoms with E-state index in [0.717, 1.165) is 16.1 Å². The second-order valence-electron chi connectivity index (χ2n) is 10.2. The molecule has 0 fully saturated rings. The first-order chi connectivity index (χ1) is 18.8. The van der Waals surface area contributed by atoms with Crippen LogP contribution < -0.4 is 9.62 Å². The van der Waals surface area contributed by atoms with Crippen LogP contribution in [0.3, 0.4) is 0 Å². The van der Waals surface area contributed by atoms with Crippen molar-refractivity contribution in [1.29, 1.82) is 0 Å². The number of benzene rings is 3. The van der Waals surface area contributed by atoms with Gasteiger partial charge in [-0.05, 0) is 59.9 Å². The van der Waals surface area contributed by atoms with Gasteiger partial charge in [0.2, 0.25) is 21.8 Å². The molecular weight excluding hydrogens is 553 g/mol. The van der Waals surface area contributed by atoms with Crippen molar-refractivity contribution in [1.82, 2.24) is 10.2 Å². The third-order valence-corrected chi connectivity index (χ3v) is 7.69. The van der Waals surface area contributed by atoms with Gasteiger partial charge in [-0.3, -0.25) is 13.9 Å². The first kappa shape index (κ1) is 31.1. The number of nitrogens with one attached hydrogen (secondary N) is 1. The second-order valence-corrected chi connectivity index (χ2v) is 12.5. The summed E-state index contributed by atoms with van der Waals surface area (Å²) in [4.78, 5) is 29.0. The zero-order chi connectivity index (χ0) is 29.4. The van der Waals surface area contributed by atoms with Crippen molar-refractivity contribution in [2.75, 3.05) is 23.7 Å². The fourth-order valence-electron chi connectivity index (χ4n) is 4.26. The van der Waals surface area contributed by atoms with Crippen LogP contribution in [0.4, 0.5) is 10.1 Å². The van der Waals surface area contributed by atoms with Crippen molar-refractivity contribution >= 4 is 39.1 Å². The number of hydrogen-bond donors (Lipinski definition) is 1. The zero-order valence-corrected chi connectivity index (χ0v) is 24.7. The Hall–Kier alpha value is -3.43. The number of halogens is 2. The molecule has 3 aromatic rings. The van der Waals surface area contributed by atoms with E-state index in [1.807, 2.05) is 44.2 Å². The Morgan fingerprint density at radius 2 is 1.62 bits per heavy atom. The lowest BCUT2D eigenvalue weighted by Crippen LogP contribution is -2.53. The summed E-state index contributed by atoms with van der Waals surface area (Å²) < 4.78 is 40.5. The first-order valence-electron chi connectivity index (χ1n) is 12.9. The molecule has 0 saturated carbocycles. The molecule has 10 heteroatoms. The van der Waals surface area contributed by atoms with E-state index in [0.29, 0.717) is 28.4 Å². The van der Waals surface area contributed by atoms with Crippen molar-refractivity contribution in [3.05, 3.63) is 100 Å². The highest BCUT2D eigenvalue weighted by Gasteiger charge is 2.33. The summed E-state index contributed by atoms with van der Waals surface area (Å²) in [6.07, 6.45) is 1.23. The summed E-state index contributed by atoms with van der Waals surface area (Å²) in [6, 6.07) is 18.7. The van der Waals surface area contributed by atoms with Crippen LogP contribution in [0.15, 0.2) is 72.8 Å². The molecule has 3 rings (SSSR count). The van der Waals surface area contributed by atoms with Gasteiger partial charge in [0.15, 0.2) is 0 Å². The number of sulfonamides is 1. The molecule has 1 atom stereocenters.